The number of carbonyl (C=O) groups is 2. The lowest BCUT2D eigenvalue weighted by Crippen LogP contribution is -2.33. The number of allylic oxidation sites excluding steroid dienone is 3. The van der Waals surface area contributed by atoms with E-state index in [1.807, 2.05) is 33.0 Å². The first kappa shape index (κ1) is 30.1. The molecule has 1 aliphatic carbocycles. The SMILES string of the molecule is C=CC=C(C(=O)NC1CC1)C(Cl)=CCc1cnc2c(NCCCNC(=O)OC(C)(C)C)nc3cc(C)c(C)cc3n12. The number of halogens is 1. The summed E-state index contributed by atoms with van der Waals surface area (Å²) >= 11 is 6.63. The predicted molar refractivity (Wildman–Crippen MR) is 164 cm³/mol. The Balaban J connectivity index is 1.57. The van der Waals surface area contributed by atoms with Gasteiger partial charge in [0.05, 0.1) is 16.6 Å². The summed E-state index contributed by atoms with van der Waals surface area (Å²) in [7, 11) is 0. The van der Waals surface area contributed by atoms with Gasteiger partial charge in [0.25, 0.3) is 5.91 Å². The zero-order chi connectivity index (χ0) is 29.7. The Morgan fingerprint density at radius 2 is 1.93 bits per heavy atom. The van der Waals surface area contributed by atoms with Gasteiger partial charge in [-0.2, -0.15) is 0 Å². The first-order valence-electron chi connectivity index (χ1n) is 13.9. The number of fused-ring (bicyclic) bond motifs is 3. The van der Waals surface area contributed by atoms with Crippen LogP contribution in [0.1, 0.15) is 56.9 Å². The maximum Gasteiger partial charge on any atom is 0.407 e. The van der Waals surface area contributed by atoms with Crippen LogP contribution in [0.2, 0.25) is 0 Å². The number of imidazole rings is 1. The monoisotopic (exact) mass is 578 g/mol. The van der Waals surface area contributed by atoms with Gasteiger partial charge < -0.3 is 20.7 Å². The van der Waals surface area contributed by atoms with Gasteiger partial charge in [0, 0.05) is 42.5 Å². The van der Waals surface area contributed by atoms with Crippen molar-refractivity contribution in [2.75, 3.05) is 18.4 Å². The second kappa shape index (κ2) is 12.8. The van der Waals surface area contributed by atoms with Crippen LogP contribution in [0.25, 0.3) is 16.7 Å². The van der Waals surface area contributed by atoms with Crippen LogP contribution in [0, 0.1) is 13.8 Å². The highest BCUT2D eigenvalue weighted by molar-refractivity contribution is 6.35. The fourth-order valence-corrected chi connectivity index (χ4v) is 4.51. The number of hydrogen-bond donors (Lipinski definition) is 3. The highest BCUT2D eigenvalue weighted by atomic mass is 35.5. The van der Waals surface area contributed by atoms with Crippen LogP contribution < -0.4 is 16.0 Å². The van der Waals surface area contributed by atoms with Crippen LogP contribution in [0.15, 0.2) is 53.7 Å². The van der Waals surface area contributed by atoms with E-state index >= 15 is 0 Å². The lowest BCUT2D eigenvalue weighted by Gasteiger charge is -2.19. The maximum atomic E-state index is 12.7. The summed E-state index contributed by atoms with van der Waals surface area (Å²) < 4.78 is 7.37. The molecule has 2 amide bonds. The summed E-state index contributed by atoms with van der Waals surface area (Å²) in [5, 5.41) is 9.51. The van der Waals surface area contributed by atoms with Gasteiger partial charge in [0.15, 0.2) is 11.5 Å². The first-order chi connectivity index (χ1) is 19.5. The Morgan fingerprint density at radius 1 is 1.20 bits per heavy atom. The molecule has 0 radical (unpaired) electrons. The average molecular weight is 579 g/mol. The van der Waals surface area contributed by atoms with E-state index in [1.54, 1.807) is 12.2 Å². The van der Waals surface area contributed by atoms with E-state index in [-0.39, 0.29) is 11.9 Å². The molecule has 0 atom stereocenters. The number of aryl methyl sites for hydroxylation is 2. The topological polar surface area (TPSA) is 110 Å². The number of anilines is 1. The minimum absolute atomic E-state index is 0.194. The highest BCUT2D eigenvalue weighted by Crippen LogP contribution is 2.27. The van der Waals surface area contributed by atoms with Crippen LogP contribution in [0.3, 0.4) is 0 Å². The van der Waals surface area contributed by atoms with Crippen LogP contribution in [-0.4, -0.2) is 51.1 Å². The third-order valence-electron chi connectivity index (χ3n) is 6.61. The average Bonchev–Trinajstić information content (AvgIpc) is 3.60. The van der Waals surface area contributed by atoms with Crippen LogP contribution >= 0.6 is 11.6 Å². The molecule has 218 valence electrons. The van der Waals surface area contributed by atoms with E-state index in [0.29, 0.717) is 48.0 Å². The molecule has 4 rings (SSSR count). The van der Waals surface area contributed by atoms with Crippen molar-refractivity contribution in [3.63, 3.8) is 0 Å². The second-order valence-electron chi connectivity index (χ2n) is 11.3. The van der Waals surface area contributed by atoms with Gasteiger partial charge in [-0.1, -0.05) is 30.3 Å². The highest BCUT2D eigenvalue weighted by Gasteiger charge is 2.25. The summed E-state index contributed by atoms with van der Waals surface area (Å²) in [6.07, 6.45) is 9.52. The lowest BCUT2D eigenvalue weighted by molar-refractivity contribution is -0.117. The molecule has 1 fully saturated rings. The fraction of sp³-hybridized carbons (Fsp3) is 0.419. The third kappa shape index (κ3) is 7.88. The minimum Gasteiger partial charge on any atom is -0.444 e. The molecule has 0 unspecified atom stereocenters. The van der Waals surface area contributed by atoms with Crippen molar-refractivity contribution in [2.24, 2.45) is 0 Å². The van der Waals surface area contributed by atoms with Crippen molar-refractivity contribution in [3.8, 4) is 0 Å². The molecule has 2 aromatic heterocycles. The summed E-state index contributed by atoms with van der Waals surface area (Å²) in [6.45, 7) is 14.4. The van der Waals surface area contributed by atoms with Gasteiger partial charge in [-0.15, -0.1) is 0 Å². The van der Waals surface area contributed by atoms with Gasteiger partial charge in [-0.05, 0) is 83.2 Å². The van der Waals surface area contributed by atoms with Crippen molar-refractivity contribution in [2.45, 2.75) is 71.9 Å². The Bertz CT molecular complexity index is 1530. The number of alkyl carbamates (subject to hydrolysis) is 1. The minimum atomic E-state index is -0.538. The van der Waals surface area contributed by atoms with Gasteiger partial charge in [0.1, 0.15) is 5.60 Å². The van der Waals surface area contributed by atoms with Gasteiger partial charge >= 0.3 is 6.09 Å². The van der Waals surface area contributed by atoms with Crippen molar-refractivity contribution in [3.05, 3.63) is 70.6 Å². The van der Waals surface area contributed by atoms with Gasteiger partial charge in [-0.3, -0.25) is 9.20 Å². The summed E-state index contributed by atoms with van der Waals surface area (Å²) in [5.41, 5.74) is 5.51. The van der Waals surface area contributed by atoms with E-state index in [0.717, 1.165) is 40.7 Å². The molecule has 0 bridgehead atoms. The van der Waals surface area contributed by atoms with Crippen LogP contribution in [0.5, 0.6) is 0 Å². The van der Waals surface area contributed by atoms with E-state index in [9.17, 15) is 9.59 Å². The van der Waals surface area contributed by atoms with Crippen molar-refractivity contribution < 1.29 is 14.3 Å². The Kier molecular flexibility index (Phi) is 9.38. The number of benzene rings is 1. The third-order valence-corrected chi connectivity index (χ3v) is 6.97. The van der Waals surface area contributed by atoms with Crippen LogP contribution in [-0.2, 0) is 16.0 Å². The molecule has 0 aliphatic heterocycles. The number of nitrogens with one attached hydrogen (secondary N) is 3. The molecule has 0 spiro atoms. The van der Waals surface area contributed by atoms with Crippen molar-refractivity contribution >= 4 is 46.1 Å². The molecule has 41 heavy (non-hydrogen) atoms. The van der Waals surface area contributed by atoms with Gasteiger partial charge in [0.2, 0.25) is 0 Å². The molecular weight excluding hydrogens is 540 g/mol. The summed E-state index contributed by atoms with van der Waals surface area (Å²) in [6, 6.07) is 4.41. The number of ether oxygens (including phenoxy) is 1. The number of aromatic nitrogens is 3. The van der Waals surface area contributed by atoms with Crippen molar-refractivity contribution in [1.82, 2.24) is 25.0 Å². The Hall–Kier alpha value is -3.85. The van der Waals surface area contributed by atoms with E-state index in [1.165, 1.54) is 0 Å². The second-order valence-corrected chi connectivity index (χ2v) is 11.7. The number of nitrogens with zero attached hydrogens (tertiary/aromatic N) is 3. The zero-order valence-electron chi connectivity index (χ0n) is 24.4. The van der Waals surface area contributed by atoms with E-state index in [4.69, 9.17) is 26.3 Å². The molecule has 1 aromatic carbocycles. The van der Waals surface area contributed by atoms with Crippen molar-refractivity contribution in [1.29, 1.82) is 0 Å². The van der Waals surface area contributed by atoms with E-state index < -0.39 is 11.7 Å². The molecule has 0 saturated heterocycles. The molecule has 3 aromatic rings. The van der Waals surface area contributed by atoms with Crippen LogP contribution in [0.4, 0.5) is 10.6 Å². The molecule has 9 nitrogen and oxygen atoms in total. The fourth-order valence-electron chi connectivity index (χ4n) is 4.29. The zero-order valence-corrected chi connectivity index (χ0v) is 25.2. The molecular formula is C31H39ClN6O3. The maximum absolute atomic E-state index is 12.7. The summed E-state index contributed by atoms with van der Waals surface area (Å²) in [5.74, 6) is 0.454. The standard InChI is InChI=1S/C31H39ClN6O3/c1-7-9-23(29(39)36-21-10-11-21)24(32)13-12-22-18-35-28-27(33-14-8-15-34-30(40)41-31(4,5)6)37-25-16-19(2)20(3)17-26(25)38(22)28/h7,9,13,16-18,21H,1,8,10-12,14-15H2,2-6H3,(H,33,37)(H,34,40)(H,36,39). The largest absolute Gasteiger partial charge is 0.444 e. The Labute approximate surface area is 246 Å². The normalized spacial score (nSPS) is 14.3. The molecule has 3 N–H and O–H groups in total. The molecule has 2 heterocycles. The number of amides is 2. The van der Waals surface area contributed by atoms with E-state index in [2.05, 4.69) is 52.9 Å². The molecule has 1 aliphatic rings. The van der Waals surface area contributed by atoms with Gasteiger partial charge in [-0.25, -0.2) is 14.8 Å². The molecule has 1 saturated carbocycles. The Morgan fingerprint density at radius 3 is 2.61 bits per heavy atom. The summed E-state index contributed by atoms with van der Waals surface area (Å²) in [4.78, 5) is 34.2. The number of rotatable bonds is 11. The smallest absolute Gasteiger partial charge is 0.407 e. The number of carbonyl (C=O) groups excluding carboxylic acids is 2. The quantitative estimate of drug-likeness (QED) is 0.149. The first-order valence-corrected chi connectivity index (χ1v) is 14.3. The molecule has 10 heteroatoms. The number of hydrogen-bond acceptors (Lipinski definition) is 6. The predicted octanol–water partition coefficient (Wildman–Crippen LogP) is 5.88. The lowest BCUT2D eigenvalue weighted by atomic mass is 10.1.